The van der Waals surface area contributed by atoms with E-state index in [0.717, 1.165) is 25.2 Å². The van der Waals surface area contributed by atoms with Crippen LogP contribution >= 0.6 is 0 Å². The molecule has 0 amide bonds. The van der Waals surface area contributed by atoms with Gasteiger partial charge >= 0.3 is 0 Å². The van der Waals surface area contributed by atoms with Gasteiger partial charge in [0.2, 0.25) is 0 Å². The molecule has 0 spiro atoms. The molecule has 1 unspecified atom stereocenters. The van der Waals surface area contributed by atoms with Gasteiger partial charge in [-0.3, -0.25) is 4.90 Å². The molecule has 0 saturated carbocycles. The van der Waals surface area contributed by atoms with E-state index >= 15 is 0 Å². The Morgan fingerprint density at radius 2 is 1.95 bits per heavy atom. The highest BCUT2D eigenvalue weighted by Crippen LogP contribution is 2.34. The molecule has 3 rings (SSSR count). The molecule has 0 aromatic heterocycles. The molecule has 2 saturated heterocycles. The van der Waals surface area contributed by atoms with E-state index in [1.54, 1.807) is 6.07 Å². The lowest BCUT2D eigenvalue weighted by Gasteiger charge is -2.32. The molecule has 0 radical (unpaired) electrons. The average Bonchev–Trinajstić information content (AvgIpc) is 2.98. The number of nitrogen functional groups attached to an aromatic ring is 1. The van der Waals surface area contributed by atoms with E-state index < -0.39 is 5.82 Å². The Hall–Kier alpha value is -1.49. The maximum Gasteiger partial charge on any atom is 0.167 e. The second-order valence-corrected chi connectivity index (χ2v) is 6.03. The summed E-state index contributed by atoms with van der Waals surface area (Å²) in [4.78, 5) is 4.86. The van der Waals surface area contributed by atoms with Gasteiger partial charge in [0.1, 0.15) is 0 Å². The topological polar surface area (TPSA) is 41.7 Å². The van der Waals surface area contributed by atoms with Crippen molar-refractivity contribution >= 4 is 11.4 Å². The summed E-state index contributed by atoms with van der Waals surface area (Å²) in [6.07, 6.45) is 5.13. The van der Waals surface area contributed by atoms with Crippen LogP contribution in [0.1, 0.15) is 25.7 Å². The lowest BCUT2D eigenvalue weighted by molar-refractivity contribution is 0.175. The first-order valence-electron chi connectivity index (χ1n) is 7.81. The van der Waals surface area contributed by atoms with Gasteiger partial charge in [-0.2, -0.15) is 0 Å². The summed E-state index contributed by atoms with van der Waals surface area (Å²) in [5, 5.41) is 0. The van der Waals surface area contributed by atoms with E-state index in [-0.39, 0.29) is 5.75 Å². The second kappa shape index (κ2) is 6.10. The van der Waals surface area contributed by atoms with Crippen molar-refractivity contribution in [3.8, 4) is 5.75 Å². The zero-order valence-corrected chi connectivity index (χ0v) is 12.6. The second-order valence-electron chi connectivity index (χ2n) is 6.03. The van der Waals surface area contributed by atoms with Gasteiger partial charge in [0, 0.05) is 31.3 Å². The summed E-state index contributed by atoms with van der Waals surface area (Å²) >= 11 is 0. The number of ether oxygens (including phenoxy) is 1. The monoisotopic (exact) mass is 293 g/mol. The Kier molecular flexibility index (Phi) is 4.19. The van der Waals surface area contributed by atoms with E-state index in [1.807, 2.05) is 0 Å². The summed E-state index contributed by atoms with van der Waals surface area (Å²) in [6.45, 7) is 4.36. The molecule has 0 bridgehead atoms. The van der Waals surface area contributed by atoms with Crippen LogP contribution in [0.3, 0.4) is 0 Å². The van der Waals surface area contributed by atoms with Crippen molar-refractivity contribution in [1.29, 1.82) is 0 Å². The minimum atomic E-state index is -0.398. The van der Waals surface area contributed by atoms with Crippen molar-refractivity contribution in [1.82, 2.24) is 4.90 Å². The Balaban J connectivity index is 1.73. The fourth-order valence-corrected chi connectivity index (χ4v) is 3.53. The van der Waals surface area contributed by atoms with Crippen LogP contribution < -0.4 is 15.4 Å². The molecule has 2 aliphatic heterocycles. The molecular weight excluding hydrogens is 269 g/mol. The number of halogens is 1. The van der Waals surface area contributed by atoms with Gasteiger partial charge in [-0.15, -0.1) is 0 Å². The summed E-state index contributed by atoms with van der Waals surface area (Å²) in [5.41, 5.74) is 7.39. The zero-order valence-electron chi connectivity index (χ0n) is 12.6. The molecule has 116 valence electrons. The first-order chi connectivity index (χ1) is 10.2. The molecule has 1 aromatic carbocycles. The van der Waals surface area contributed by atoms with Gasteiger partial charge in [-0.1, -0.05) is 6.42 Å². The smallest absolute Gasteiger partial charge is 0.167 e. The number of methoxy groups -OCH3 is 1. The van der Waals surface area contributed by atoms with Crippen LogP contribution in [0.2, 0.25) is 0 Å². The van der Waals surface area contributed by atoms with E-state index in [9.17, 15) is 4.39 Å². The van der Waals surface area contributed by atoms with Crippen LogP contribution in [0, 0.1) is 5.82 Å². The Morgan fingerprint density at radius 3 is 2.67 bits per heavy atom. The van der Waals surface area contributed by atoms with Crippen molar-refractivity contribution in [2.75, 3.05) is 43.9 Å². The Bertz CT molecular complexity index is 503. The van der Waals surface area contributed by atoms with Crippen LogP contribution in [0.4, 0.5) is 15.8 Å². The number of benzene rings is 1. The minimum absolute atomic E-state index is 0.264. The van der Waals surface area contributed by atoms with Crippen molar-refractivity contribution in [3.63, 3.8) is 0 Å². The third kappa shape index (κ3) is 2.93. The Morgan fingerprint density at radius 1 is 1.19 bits per heavy atom. The number of nitrogens with two attached hydrogens (primary N) is 1. The number of nitrogens with zero attached hydrogens (tertiary/aromatic N) is 2. The largest absolute Gasteiger partial charge is 0.494 e. The molecule has 2 fully saturated rings. The van der Waals surface area contributed by atoms with Crippen LogP contribution in [0.5, 0.6) is 5.75 Å². The maximum atomic E-state index is 13.7. The summed E-state index contributed by atoms with van der Waals surface area (Å²) in [7, 11) is 1.49. The predicted octanol–water partition coefficient (Wildman–Crippen LogP) is 2.48. The molecule has 2 N–H and O–H groups in total. The SMILES string of the molecule is COc1cc(N2CCC(N3CCCCC3)C2)c(N)cc1F. The lowest BCUT2D eigenvalue weighted by atomic mass is 10.1. The number of rotatable bonds is 3. The van der Waals surface area contributed by atoms with E-state index in [2.05, 4.69) is 9.80 Å². The quantitative estimate of drug-likeness (QED) is 0.869. The normalized spacial score (nSPS) is 23.5. The number of hydrogen-bond donors (Lipinski definition) is 1. The third-order valence-corrected chi connectivity index (χ3v) is 4.71. The van der Waals surface area contributed by atoms with Gasteiger partial charge in [-0.05, 0) is 32.4 Å². The summed E-state index contributed by atoms with van der Waals surface area (Å²) in [5.74, 6) is -0.133. The van der Waals surface area contributed by atoms with Crippen molar-refractivity contribution < 1.29 is 9.13 Å². The highest BCUT2D eigenvalue weighted by molar-refractivity contribution is 5.70. The zero-order chi connectivity index (χ0) is 14.8. The van der Waals surface area contributed by atoms with Crippen LogP contribution in [0.15, 0.2) is 12.1 Å². The predicted molar refractivity (Wildman–Crippen MR) is 83.4 cm³/mol. The van der Waals surface area contributed by atoms with Crippen molar-refractivity contribution in [3.05, 3.63) is 17.9 Å². The van der Waals surface area contributed by atoms with Gasteiger partial charge in [0.05, 0.1) is 18.5 Å². The highest BCUT2D eigenvalue weighted by atomic mass is 19.1. The molecule has 1 atom stereocenters. The number of hydrogen-bond acceptors (Lipinski definition) is 4. The average molecular weight is 293 g/mol. The molecule has 2 aliphatic rings. The molecule has 0 aliphatic carbocycles. The van der Waals surface area contributed by atoms with Gasteiger partial charge < -0.3 is 15.4 Å². The highest BCUT2D eigenvalue weighted by Gasteiger charge is 2.29. The standard InChI is InChI=1S/C16H24FN3O/c1-21-16-10-15(14(18)9-13(16)17)20-8-5-12(11-20)19-6-3-2-4-7-19/h9-10,12H,2-8,11,18H2,1H3. The van der Waals surface area contributed by atoms with Crippen LogP contribution in [-0.4, -0.2) is 44.2 Å². The first-order valence-corrected chi connectivity index (χ1v) is 7.81. The molecule has 4 nitrogen and oxygen atoms in total. The van der Waals surface area contributed by atoms with Crippen LogP contribution in [-0.2, 0) is 0 Å². The summed E-state index contributed by atoms with van der Waals surface area (Å²) in [6, 6.07) is 3.69. The molecule has 21 heavy (non-hydrogen) atoms. The molecule has 5 heteroatoms. The van der Waals surface area contributed by atoms with Crippen molar-refractivity contribution in [2.45, 2.75) is 31.7 Å². The Labute approximate surface area is 125 Å². The number of likely N-dealkylation sites (tertiary alicyclic amines) is 1. The number of anilines is 2. The fourth-order valence-electron chi connectivity index (χ4n) is 3.53. The minimum Gasteiger partial charge on any atom is -0.494 e. The van der Waals surface area contributed by atoms with Gasteiger partial charge in [-0.25, -0.2) is 4.39 Å². The van der Waals surface area contributed by atoms with Gasteiger partial charge in [0.25, 0.3) is 0 Å². The lowest BCUT2D eigenvalue weighted by Crippen LogP contribution is -2.40. The fraction of sp³-hybridized carbons (Fsp3) is 0.625. The molecular formula is C16H24FN3O. The van der Waals surface area contributed by atoms with Crippen molar-refractivity contribution in [2.24, 2.45) is 0 Å². The first kappa shape index (κ1) is 14.4. The van der Waals surface area contributed by atoms with E-state index in [4.69, 9.17) is 10.5 Å². The molecule has 1 aromatic rings. The van der Waals surface area contributed by atoms with Gasteiger partial charge in [0.15, 0.2) is 11.6 Å². The van der Waals surface area contributed by atoms with E-state index in [0.29, 0.717) is 11.7 Å². The third-order valence-electron chi connectivity index (χ3n) is 4.71. The van der Waals surface area contributed by atoms with Crippen LogP contribution in [0.25, 0.3) is 0 Å². The summed E-state index contributed by atoms with van der Waals surface area (Å²) < 4.78 is 18.7. The molecule has 2 heterocycles. The number of piperidine rings is 1. The maximum absolute atomic E-state index is 13.7. The van der Waals surface area contributed by atoms with E-state index in [1.165, 1.54) is 45.5 Å².